The maximum Gasteiger partial charge on any atom is 0.418 e. The quantitative estimate of drug-likeness (QED) is 0.918. The lowest BCUT2D eigenvalue weighted by Crippen LogP contribution is -2.34. The summed E-state index contributed by atoms with van der Waals surface area (Å²) in [6.07, 6.45) is -1.62. The van der Waals surface area contributed by atoms with E-state index in [1.807, 2.05) is 4.90 Å². The minimum Gasteiger partial charge on any atom is -0.353 e. The number of benzene rings is 1. The molecule has 0 bridgehead atoms. The first kappa shape index (κ1) is 15.7. The molecule has 1 unspecified atom stereocenters. The third-order valence-corrected chi connectivity index (χ3v) is 5.55. The number of rotatable bonds is 3. The maximum atomic E-state index is 13.1. The van der Waals surface area contributed by atoms with E-state index in [2.05, 4.69) is 10.3 Å². The van der Waals surface area contributed by atoms with Crippen LogP contribution in [0.4, 0.5) is 18.3 Å². The number of carbonyl (C=O) groups is 1. The molecule has 1 aromatic heterocycles. The molecule has 8 heteroatoms. The third kappa shape index (κ3) is 2.94. The Labute approximate surface area is 140 Å². The van der Waals surface area contributed by atoms with Crippen LogP contribution in [0.3, 0.4) is 0 Å². The second-order valence-corrected chi connectivity index (χ2v) is 7.37. The van der Waals surface area contributed by atoms with Crippen LogP contribution in [0.5, 0.6) is 0 Å². The molecule has 4 nitrogen and oxygen atoms in total. The van der Waals surface area contributed by atoms with E-state index in [4.69, 9.17) is 0 Å². The summed E-state index contributed by atoms with van der Waals surface area (Å²) in [5.74, 6) is -0.0585. The Kier molecular flexibility index (Phi) is 3.67. The number of nitrogens with zero attached hydrogens (tertiary/aromatic N) is 2. The first-order chi connectivity index (χ1) is 11.4. The zero-order chi connectivity index (χ0) is 16.9. The Balaban J connectivity index is 1.55. The SMILES string of the molecule is O=C(NC1CC1)C1CCN(c2nc3c(C(F)(F)F)cccc3s2)C1. The number of hydrogen-bond acceptors (Lipinski definition) is 4. The Hall–Kier alpha value is -1.83. The molecule has 1 saturated carbocycles. The maximum absolute atomic E-state index is 13.1. The summed E-state index contributed by atoms with van der Waals surface area (Å²) in [6, 6.07) is 4.44. The number of aromatic nitrogens is 1. The lowest BCUT2D eigenvalue weighted by atomic mass is 10.1. The van der Waals surface area contributed by atoms with E-state index < -0.39 is 11.7 Å². The molecule has 1 atom stereocenters. The van der Waals surface area contributed by atoms with Crippen molar-refractivity contribution in [3.8, 4) is 0 Å². The molecule has 24 heavy (non-hydrogen) atoms. The number of hydrogen-bond donors (Lipinski definition) is 1. The van der Waals surface area contributed by atoms with Gasteiger partial charge in [0.1, 0.15) is 0 Å². The van der Waals surface area contributed by atoms with Gasteiger partial charge in [-0.2, -0.15) is 13.2 Å². The van der Waals surface area contributed by atoms with Crippen molar-refractivity contribution in [1.82, 2.24) is 10.3 Å². The van der Waals surface area contributed by atoms with E-state index in [-0.39, 0.29) is 17.3 Å². The monoisotopic (exact) mass is 355 g/mol. The fourth-order valence-corrected chi connectivity index (χ4v) is 4.02. The van der Waals surface area contributed by atoms with E-state index in [1.54, 1.807) is 6.07 Å². The zero-order valence-electron chi connectivity index (χ0n) is 12.8. The average molecular weight is 355 g/mol. The standard InChI is InChI=1S/C16H16F3N3OS/c17-16(18,19)11-2-1-3-12-13(11)21-15(24-12)22-7-6-9(8-22)14(23)20-10-4-5-10/h1-3,9-10H,4-8H2,(H,20,23). The van der Waals surface area contributed by atoms with Crippen LogP contribution in [0.15, 0.2) is 18.2 Å². The van der Waals surface area contributed by atoms with Gasteiger partial charge in [-0.1, -0.05) is 17.4 Å². The molecular weight excluding hydrogens is 339 g/mol. The van der Waals surface area contributed by atoms with Crippen molar-refractivity contribution in [1.29, 1.82) is 0 Å². The molecule has 128 valence electrons. The van der Waals surface area contributed by atoms with Crippen LogP contribution >= 0.6 is 11.3 Å². The summed E-state index contributed by atoms with van der Waals surface area (Å²) in [4.78, 5) is 18.3. The molecule has 1 N–H and O–H groups in total. The van der Waals surface area contributed by atoms with Gasteiger partial charge in [-0.25, -0.2) is 4.98 Å². The molecular formula is C16H16F3N3OS. The van der Waals surface area contributed by atoms with Crippen LogP contribution in [0.1, 0.15) is 24.8 Å². The minimum absolute atomic E-state index is 0.00381. The fraction of sp³-hybridized carbons (Fsp3) is 0.500. The van der Waals surface area contributed by atoms with Gasteiger partial charge in [0.05, 0.1) is 21.7 Å². The van der Waals surface area contributed by atoms with E-state index in [0.29, 0.717) is 35.4 Å². The number of amides is 1. The molecule has 1 amide bonds. The van der Waals surface area contributed by atoms with Crippen LogP contribution in [0, 0.1) is 5.92 Å². The average Bonchev–Trinajstić information content (AvgIpc) is 3.03. The Morgan fingerprint density at radius 3 is 2.79 bits per heavy atom. The molecule has 0 radical (unpaired) electrons. The fourth-order valence-electron chi connectivity index (χ4n) is 3.00. The Morgan fingerprint density at radius 2 is 2.08 bits per heavy atom. The summed E-state index contributed by atoms with van der Waals surface area (Å²) in [5.41, 5.74) is -0.708. The molecule has 2 aromatic rings. The van der Waals surface area contributed by atoms with Crippen molar-refractivity contribution in [3.63, 3.8) is 0 Å². The van der Waals surface area contributed by atoms with E-state index in [1.165, 1.54) is 17.4 Å². The molecule has 1 aromatic carbocycles. The number of fused-ring (bicyclic) bond motifs is 1. The first-order valence-corrected chi connectivity index (χ1v) is 8.75. The van der Waals surface area contributed by atoms with Crippen molar-refractivity contribution in [2.45, 2.75) is 31.5 Å². The van der Waals surface area contributed by atoms with E-state index >= 15 is 0 Å². The molecule has 0 spiro atoms. The number of para-hydroxylation sites is 1. The van der Waals surface area contributed by atoms with Gasteiger partial charge in [0.15, 0.2) is 5.13 Å². The predicted octanol–water partition coefficient (Wildman–Crippen LogP) is 3.42. The number of anilines is 1. The highest BCUT2D eigenvalue weighted by Crippen LogP contribution is 2.39. The normalized spacial score (nSPS) is 21.5. The summed E-state index contributed by atoms with van der Waals surface area (Å²) < 4.78 is 39.8. The van der Waals surface area contributed by atoms with Gasteiger partial charge in [0, 0.05) is 19.1 Å². The predicted molar refractivity (Wildman–Crippen MR) is 86.1 cm³/mol. The van der Waals surface area contributed by atoms with Crippen molar-refractivity contribution >= 4 is 32.6 Å². The van der Waals surface area contributed by atoms with Crippen molar-refractivity contribution in [3.05, 3.63) is 23.8 Å². The summed E-state index contributed by atoms with van der Waals surface area (Å²) in [5, 5.41) is 3.55. The Bertz CT molecular complexity index is 784. The molecule has 2 aliphatic rings. The zero-order valence-corrected chi connectivity index (χ0v) is 13.6. The molecule has 2 heterocycles. The number of carbonyl (C=O) groups excluding carboxylic acids is 1. The van der Waals surface area contributed by atoms with Crippen molar-refractivity contribution in [2.24, 2.45) is 5.92 Å². The molecule has 1 aliphatic heterocycles. The highest BCUT2D eigenvalue weighted by molar-refractivity contribution is 7.22. The number of nitrogens with one attached hydrogen (secondary N) is 1. The second-order valence-electron chi connectivity index (χ2n) is 6.36. The van der Waals surface area contributed by atoms with Gasteiger partial charge in [-0.05, 0) is 31.4 Å². The summed E-state index contributed by atoms with van der Waals surface area (Å²) >= 11 is 1.25. The largest absolute Gasteiger partial charge is 0.418 e. The van der Waals surface area contributed by atoms with Gasteiger partial charge in [-0.3, -0.25) is 4.79 Å². The van der Waals surface area contributed by atoms with Crippen molar-refractivity contribution < 1.29 is 18.0 Å². The lowest BCUT2D eigenvalue weighted by molar-refractivity contribution is -0.136. The second kappa shape index (κ2) is 5.61. The smallest absolute Gasteiger partial charge is 0.353 e. The lowest BCUT2D eigenvalue weighted by Gasteiger charge is -2.14. The van der Waals surface area contributed by atoms with Gasteiger partial charge < -0.3 is 10.2 Å². The summed E-state index contributed by atoms with van der Waals surface area (Å²) in [7, 11) is 0. The third-order valence-electron chi connectivity index (χ3n) is 4.47. The van der Waals surface area contributed by atoms with Crippen LogP contribution in [-0.4, -0.2) is 30.0 Å². The van der Waals surface area contributed by atoms with Gasteiger partial charge >= 0.3 is 6.18 Å². The van der Waals surface area contributed by atoms with Gasteiger partial charge in [0.2, 0.25) is 5.91 Å². The minimum atomic E-state index is -4.41. The van der Waals surface area contributed by atoms with Crippen LogP contribution < -0.4 is 10.2 Å². The van der Waals surface area contributed by atoms with Crippen LogP contribution in [0.2, 0.25) is 0 Å². The molecule has 1 aliphatic carbocycles. The molecule has 4 rings (SSSR count). The Morgan fingerprint density at radius 1 is 1.29 bits per heavy atom. The molecule has 2 fully saturated rings. The van der Waals surface area contributed by atoms with E-state index in [0.717, 1.165) is 18.9 Å². The topological polar surface area (TPSA) is 45.2 Å². The van der Waals surface area contributed by atoms with Crippen LogP contribution in [-0.2, 0) is 11.0 Å². The van der Waals surface area contributed by atoms with Gasteiger partial charge in [0.25, 0.3) is 0 Å². The molecule has 1 saturated heterocycles. The van der Waals surface area contributed by atoms with Crippen LogP contribution in [0.25, 0.3) is 10.2 Å². The number of thiazole rings is 1. The van der Waals surface area contributed by atoms with Crippen molar-refractivity contribution in [2.75, 3.05) is 18.0 Å². The van der Waals surface area contributed by atoms with Gasteiger partial charge in [-0.15, -0.1) is 0 Å². The first-order valence-electron chi connectivity index (χ1n) is 7.94. The number of halogens is 3. The van der Waals surface area contributed by atoms with E-state index in [9.17, 15) is 18.0 Å². The summed E-state index contributed by atoms with van der Waals surface area (Å²) in [6.45, 7) is 1.16. The highest BCUT2D eigenvalue weighted by atomic mass is 32.1. The highest BCUT2D eigenvalue weighted by Gasteiger charge is 2.36. The number of alkyl halides is 3.